The number of nitrogens with zero attached hydrogens (tertiary/aromatic N) is 1. The van der Waals surface area contributed by atoms with Gasteiger partial charge in [-0.05, 0) is 44.6 Å². The quantitative estimate of drug-likeness (QED) is 0.801. The minimum absolute atomic E-state index is 0.402. The lowest BCUT2D eigenvalue weighted by molar-refractivity contribution is 0.1000. The fraction of sp³-hybridized carbons (Fsp3) is 0.500. The van der Waals surface area contributed by atoms with E-state index in [9.17, 15) is 4.79 Å². The predicted octanol–water partition coefficient (Wildman–Crippen LogP) is 1.23. The summed E-state index contributed by atoms with van der Waals surface area (Å²) in [4.78, 5) is 13.3. The Balaban J connectivity index is 1.97. The van der Waals surface area contributed by atoms with Crippen molar-refractivity contribution in [3.8, 4) is 5.75 Å². The van der Waals surface area contributed by atoms with Gasteiger partial charge in [0.05, 0.1) is 5.69 Å². The molecule has 0 bridgehead atoms. The van der Waals surface area contributed by atoms with Crippen LogP contribution in [0.25, 0.3) is 0 Å². The monoisotopic (exact) mass is 263 g/mol. The zero-order chi connectivity index (χ0) is 13.8. The Morgan fingerprint density at radius 2 is 2.26 bits per heavy atom. The first-order valence-corrected chi connectivity index (χ1v) is 6.60. The van der Waals surface area contributed by atoms with Crippen LogP contribution in [-0.2, 0) is 0 Å². The van der Waals surface area contributed by atoms with Crippen molar-refractivity contribution in [2.24, 2.45) is 5.73 Å². The van der Waals surface area contributed by atoms with Crippen LogP contribution in [0.5, 0.6) is 5.75 Å². The number of rotatable bonds is 4. The summed E-state index contributed by atoms with van der Waals surface area (Å²) in [6, 6.07) is 5.34. The first-order chi connectivity index (χ1) is 9.08. The number of ether oxygens (including phenoxy) is 1. The highest BCUT2D eigenvalue weighted by Crippen LogP contribution is 2.24. The van der Waals surface area contributed by atoms with Gasteiger partial charge < -0.3 is 21.1 Å². The number of anilines is 1. The Kier molecular flexibility index (Phi) is 4.27. The van der Waals surface area contributed by atoms with Gasteiger partial charge in [-0.3, -0.25) is 4.79 Å². The second kappa shape index (κ2) is 5.93. The van der Waals surface area contributed by atoms with Crippen molar-refractivity contribution in [3.63, 3.8) is 0 Å². The highest BCUT2D eigenvalue weighted by atomic mass is 16.5. The number of likely N-dealkylation sites (tertiary alicyclic amines) is 1. The zero-order valence-electron chi connectivity index (χ0n) is 11.3. The summed E-state index contributed by atoms with van der Waals surface area (Å²) in [5.41, 5.74) is 11.9. The molecule has 5 heteroatoms. The van der Waals surface area contributed by atoms with Gasteiger partial charge in [0.1, 0.15) is 12.4 Å². The van der Waals surface area contributed by atoms with Crippen LogP contribution in [0.3, 0.4) is 0 Å². The maximum absolute atomic E-state index is 11.0. The summed E-state index contributed by atoms with van der Waals surface area (Å²) in [6.45, 7) is 1.74. The number of nitrogen functional groups attached to an aromatic ring is 1. The molecule has 0 spiro atoms. The number of hydrogen-bond donors (Lipinski definition) is 2. The van der Waals surface area contributed by atoms with Gasteiger partial charge in [0, 0.05) is 11.6 Å². The number of carbonyl (C=O) groups excluding carboxylic acids is 1. The third-order valence-corrected chi connectivity index (χ3v) is 3.65. The maximum Gasteiger partial charge on any atom is 0.248 e. The van der Waals surface area contributed by atoms with Crippen molar-refractivity contribution in [1.82, 2.24) is 4.90 Å². The van der Waals surface area contributed by atoms with Gasteiger partial charge in [-0.1, -0.05) is 6.42 Å². The number of carbonyl (C=O) groups is 1. The zero-order valence-corrected chi connectivity index (χ0v) is 11.3. The molecule has 1 unspecified atom stereocenters. The molecule has 1 aliphatic heterocycles. The SMILES string of the molecule is CN1CCCCC1COc1ccc(C(N)=O)cc1N. The largest absolute Gasteiger partial charge is 0.490 e. The van der Waals surface area contributed by atoms with Gasteiger partial charge >= 0.3 is 0 Å². The van der Waals surface area contributed by atoms with Crippen molar-refractivity contribution in [2.75, 3.05) is 25.9 Å². The van der Waals surface area contributed by atoms with Gasteiger partial charge in [-0.2, -0.15) is 0 Å². The smallest absolute Gasteiger partial charge is 0.248 e. The van der Waals surface area contributed by atoms with E-state index < -0.39 is 5.91 Å². The molecular weight excluding hydrogens is 242 g/mol. The van der Waals surface area contributed by atoms with E-state index in [1.807, 2.05) is 0 Å². The molecule has 1 atom stereocenters. The lowest BCUT2D eigenvalue weighted by Gasteiger charge is -2.32. The first kappa shape index (κ1) is 13.7. The second-order valence-electron chi connectivity index (χ2n) is 5.06. The Bertz CT molecular complexity index is 462. The fourth-order valence-corrected chi connectivity index (χ4v) is 2.37. The molecular formula is C14H21N3O2. The number of piperidine rings is 1. The predicted molar refractivity (Wildman–Crippen MR) is 75.1 cm³/mol. The highest BCUT2D eigenvalue weighted by molar-refractivity contribution is 5.94. The van der Waals surface area contributed by atoms with Crippen LogP contribution in [0, 0.1) is 0 Å². The van der Waals surface area contributed by atoms with E-state index in [-0.39, 0.29) is 0 Å². The molecule has 1 aliphatic rings. The molecule has 2 rings (SSSR count). The summed E-state index contributed by atoms with van der Waals surface area (Å²) in [6.07, 6.45) is 3.65. The van der Waals surface area contributed by atoms with Crippen LogP contribution in [-0.4, -0.2) is 37.0 Å². The molecule has 0 saturated carbocycles. The standard InChI is InChI=1S/C14H21N3O2/c1-17-7-3-2-4-11(17)9-19-13-6-5-10(14(16)18)8-12(13)15/h5-6,8,11H,2-4,7,9,15H2,1H3,(H2,16,18). The van der Waals surface area contributed by atoms with Crippen LogP contribution >= 0.6 is 0 Å². The van der Waals surface area contributed by atoms with Crippen LogP contribution in [0.15, 0.2) is 18.2 Å². The lowest BCUT2D eigenvalue weighted by atomic mass is 10.0. The van der Waals surface area contributed by atoms with Gasteiger partial charge in [0.2, 0.25) is 5.91 Å². The van der Waals surface area contributed by atoms with E-state index >= 15 is 0 Å². The van der Waals surface area contributed by atoms with Crippen molar-refractivity contribution >= 4 is 11.6 Å². The number of hydrogen-bond acceptors (Lipinski definition) is 4. The Morgan fingerprint density at radius 1 is 1.47 bits per heavy atom. The van der Waals surface area contributed by atoms with E-state index in [2.05, 4.69) is 11.9 Å². The molecule has 5 nitrogen and oxygen atoms in total. The average Bonchev–Trinajstić information content (AvgIpc) is 2.39. The fourth-order valence-electron chi connectivity index (χ4n) is 2.37. The summed E-state index contributed by atoms with van der Waals surface area (Å²) in [7, 11) is 2.12. The summed E-state index contributed by atoms with van der Waals surface area (Å²) >= 11 is 0. The third-order valence-electron chi connectivity index (χ3n) is 3.65. The van der Waals surface area contributed by atoms with Gasteiger partial charge in [0.25, 0.3) is 0 Å². The van der Waals surface area contributed by atoms with Crippen LogP contribution in [0.1, 0.15) is 29.6 Å². The number of benzene rings is 1. The molecule has 1 amide bonds. The molecule has 0 aliphatic carbocycles. The average molecular weight is 263 g/mol. The Morgan fingerprint density at radius 3 is 2.89 bits per heavy atom. The van der Waals surface area contributed by atoms with Crippen molar-refractivity contribution in [2.45, 2.75) is 25.3 Å². The number of primary amides is 1. The Labute approximate surface area is 113 Å². The molecule has 1 aromatic rings. The van der Waals surface area contributed by atoms with E-state index in [1.165, 1.54) is 12.8 Å². The molecule has 4 N–H and O–H groups in total. The van der Waals surface area contributed by atoms with E-state index in [4.69, 9.17) is 16.2 Å². The van der Waals surface area contributed by atoms with Crippen molar-refractivity contribution in [1.29, 1.82) is 0 Å². The minimum atomic E-state index is -0.481. The molecule has 0 aromatic heterocycles. The molecule has 1 saturated heterocycles. The topological polar surface area (TPSA) is 81.6 Å². The summed E-state index contributed by atoms with van der Waals surface area (Å²) < 4.78 is 5.76. The first-order valence-electron chi connectivity index (χ1n) is 6.60. The van der Waals surface area contributed by atoms with E-state index in [0.29, 0.717) is 29.6 Å². The van der Waals surface area contributed by atoms with Crippen LogP contribution in [0.2, 0.25) is 0 Å². The van der Waals surface area contributed by atoms with E-state index in [0.717, 1.165) is 13.0 Å². The lowest BCUT2D eigenvalue weighted by Crippen LogP contribution is -2.40. The highest BCUT2D eigenvalue weighted by Gasteiger charge is 2.19. The van der Waals surface area contributed by atoms with Crippen molar-refractivity contribution in [3.05, 3.63) is 23.8 Å². The number of amides is 1. The third kappa shape index (κ3) is 3.38. The summed E-state index contributed by atoms with van der Waals surface area (Å²) in [5, 5.41) is 0. The maximum atomic E-state index is 11.0. The Hall–Kier alpha value is -1.75. The summed E-state index contributed by atoms with van der Waals surface area (Å²) in [5.74, 6) is 0.134. The second-order valence-corrected chi connectivity index (χ2v) is 5.06. The molecule has 0 radical (unpaired) electrons. The minimum Gasteiger partial charge on any atom is -0.490 e. The molecule has 19 heavy (non-hydrogen) atoms. The van der Waals surface area contributed by atoms with Crippen LogP contribution < -0.4 is 16.2 Å². The number of nitrogens with two attached hydrogens (primary N) is 2. The molecule has 1 fully saturated rings. The van der Waals surface area contributed by atoms with Gasteiger partial charge in [-0.15, -0.1) is 0 Å². The number of likely N-dealkylation sites (N-methyl/N-ethyl adjacent to an activating group) is 1. The molecule has 104 valence electrons. The normalized spacial score (nSPS) is 20.2. The molecule has 1 aromatic carbocycles. The van der Waals surface area contributed by atoms with Gasteiger partial charge in [-0.25, -0.2) is 0 Å². The van der Waals surface area contributed by atoms with Crippen molar-refractivity contribution < 1.29 is 9.53 Å². The molecule has 1 heterocycles. The van der Waals surface area contributed by atoms with Crippen LogP contribution in [0.4, 0.5) is 5.69 Å². The van der Waals surface area contributed by atoms with E-state index in [1.54, 1.807) is 18.2 Å². The van der Waals surface area contributed by atoms with Gasteiger partial charge in [0.15, 0.2) is 0 Å².